The van der Waals surface area contributed by atoms with Crippen LogP contribution in [0.25, 0.3) is 0 Å². The van der Waals surface area contributed by atoms with Crippen LogP contribution in [0, 0.1) is 5.41 Å². The van der Waals surface area contributed by atoms with Crippen molar-refractivity contribution in [1.29, 1.82) is 0 Å². The maximum absolute atomic E-state index is 9.69. The summed E-state index contributed by atoms with van der Waals surface area (Å²) in [5.41, 5.74) is 0.0291. The Balaban J connectivity index is 2.11. The van der Waals surface area contributed by atoms with Gasteiger partial charge in [0.05, 0.1) is 6.61 Å². The maximum Gasteiger partial charge on any atom is 0.135 e. The standard InChI is InChI=1S/C16H28N4O/c1-4-17-13-9-14(20-15(19-13)12(2)3)18-10-16(11-21)7-5-6-8-16/h9,12,21H,4-8,10-11H2,1-3H3,(H2,17,18,19,20). The Morgan fingerprint density at radius 1 is 1.19 bits per heavy atom. The van der Waals surface area contributed by atoms with Gasteiger partial charge in [-0.3, -0.25) is 0 Å². The molecule has 5 nitrogen and oxygen atoms in total. The molecule has 1 saturated carbocycles. The maximum atomic E-state index is 9.69. The average molecular weight is 292 g/mol. The van der Waals surface area contributed by atoms with Crippen molar-refractivity contribution in [2.24, 2.45) is 5.41 Å². The third-order valence-corrected chi connectivity index (χ3v) is 4.26. The fourth-order valence-corrected chi connectivity index (χ4v) is 2.88. The van der Waals surface area contributed by atoms with Crippen molar-refractivity contribution in [3.8, 4) is 0 Å². The molecule has 1 aromatic rings. The summed E-state index contributed by atoms with van der Waals surface area (Å²) in [6.07, 6.45) is 4.62. The SMILES string of the molecule is CCNc1cc(NCC2(CO)CCCC2)nc(C(C)C)n1. The van der Waals surface area contributed by atoms with Gasteiger partial charge in [0.1, 0.15) is 17.5 Å². The van der Waals surface area contributed by atoms with E-state index >= 15 is 0 Å². The smallest absolute Gasteiger partial charge is 0.135 e. The minimum absolute atomic E-state index is 0.0291. The highest BCUT2D eigenvalue weighted by Crippen LogP contribution is 2.37. The Labute approximate surface area is 127 Å². The monoisotopic (exact) mass is 292 g/mol. The third-order valence-electron chi connectivity index (χ3n) is 4.26. The first-order valence-corrected chi connectivity index (χ1v) is 8.06. The van der Waals surface area contributed by atoms with Crippen LogP contribution in [0.4, 0.5) is 11.6 Å². The summed E-state index contributed by atoms with van der Waals surface area (Å²) < 4.78 is 0. The molecule has 0 amide bonds. The lowest BCUT2D eigenvalue weighted by Gasteiger charge is -2.27. The van der Waals surface area contributed by atoms with E-state index in [9.17, 15) is 5.11 Å². The topological polar surface area (TPSA) is 70.1 Å². The van der Waals surface area contributed by atoms with Crippen LogP contribution in [0.2, 0.25) is 0 Å². The number of aromatic nitrogens is 2. The van der Waals surface area contributed by atoms with Crippen LogP contribution in [0.15, 0.2) is 6.07 Å². The molecule has 1 aliphatic carbocycles. The highest BCUT2D eigenvalue weighted by atomic mass is 16.3. The van der Waals surface area contributed by atoms with E-state index in [2.05, 4.69) is 41.4 Å². The van der Waals surface area contributed by atoms with Crippen LogP contribution in [-0.2, 0) is 0 Å². The van der Waals surface area contributed by atoms with Gasteiger partial charge in [-0.1, -0.05) is 26.7 Å². The number of hydrogen-bond acceptors (Lipinski definition) is 5. The van der Waals surface area contributed by atoms with E-state index in [0.717, 1.165) is 43.4 Å². The lowest BCUT2D eigenvalue weighted by molar-refractivity contribution is 0.142. The number of nitrogens with one attached hydrogen (secondary N) is 2. The van der Waals surface area contributed by atoms with Crippen molar-refractivity contribution in [2.45, 2.75) is 52.4 Å². The van der Waals surface area contributed by atoms with Gasteiger partial charge in [-0.05, 0) is 19.8 Å². The number of aliphatic hydroxyl groups is 1. The lowest BCUT2D eigenvalue weighted by Crippen LogP contribution is -2.31. The molecule has 118 valence electrons. The van der Waals surface area contributed by atoms with Gasteiger partial charge in [-0.25, -0.2) is 9.97 Å². The van der Waals surface area contributed by atoms with Gasteiger partial charge in [-0.15, -0.1) is 0 Å². The van der Waals surface area contributed by atoms with E-state index in [1.165, 1.54) is 12.8 Å². The average Bonchev–Trinajstić information content (AvgIpc) is 2.95. The van der Waals surface area contributed by atoms with Crippen molar-refractivity contribution in [1.82, 2.24) is 9.97 Å². The molecule has 0 bridgehead atoms. The fraction of sp³-hybridized carbons (Fsp3) is 0.750. The van der Waals surface area contributed by atoms with Crippen LogP contribution < -0.4 is 10.6 Å². The van der Waals surface area contributed by atoms with Gasteiger partial charge < -0.3 is 15.7 Å². The molecule has 0 radical (unpaired) electrons. The van der Waals surface area contributed by atoms with Gasteiger partial charge >= 0.3 is 0 Å². The lowest BCUT2D eigenvalue weighted by atomic mass is 9.87. The van der Waals surface area contributed by atoms with Crippen LogP contribution in [-0.4, -0.2) is 34.8 Å². The van der Waals surface area contributed by atoms with Crippen molar-refractivity contribution >= 4 is 11.6 Å². The van der Waals surface area contributed by atoms with Crippen molar-refractivity contribution < 1.29 is 5.11 Å². The summed E-state index contributed by atoms with van der Waals surface area (Å²) in [5.74, 6) is 2.86. The molecule has 2 rings (SSSR count). The molecule has 3 N–H and O–H groups in total. The highest BCUT2D eigenvalue weighted by Gasteiger charge is 2.33. The molecule has 0 aliphatic heterocycles. The minimum atomic E-state index is 0.0291. The fourth-order valence-electron chi connectivity index (χ4n) is 2.88. The zero-order valence-corrected chi connectivity index (χ0v) is 13.4. The number of aliphatic hydroxyl groups excluding tert-OH is 1. The molecule has 1 heterocycles. The number of rotatable bonds is 7. The number of hydrogen-bond donors (Lipinski definition) is 3. The second kappa shape index (κ2) is 7.07. The van der Waals surface area contributed by atoms with Crippen LogP contribution in [0.1, 0.15) is 58.2 Å². The van der Waals surface area contributed by atoms with E-state index < -0.39 is 0 Å². The molecule has 0 atom stereocenters. The Morgan fingerprint density at radius 3 is 2.33 bits per heavy atom. The first kappa shape index (κ1) is 16.0. The predicted molar refractivity (Wildman–Crippen MR) is 86.8 cm³/mol. The largest absolute Gasteiger partial charge is 0.396 e. The van der Waals surface area contributed by atoms with E-state index in [4.69, 9.17) is 0 Å². The Hall–Kier alpha value is -1.36. The van der Waals surface area contributed by atoms with Crippen LogP contribution in [0.5, 0.6) is 0 Å². The summed E-state index contributed by atoms with van der Waals surface area (Å²) in [6.45, 7) is 8.13. The molecule has 0 saturated heterocycles. The second-order valence-corrected chi connectivity index (χ2v) is 6.40. The summed E-state index contributed by atoms with van der Waals surface area (Å²) >= 11 is 0. The molecular weight excluding hydrogens is 264 g/mol. The summed E-state index contributed by atoms with van der Waals surface area (Å²) in [7, 11) is 0. The summed E-state index contributed by atoms with van der Waals surface area (Å²) in [5, 5.41) is 16.4. The quantitative estimate of drug-likeness (QED) is 0.720. The Kier molecular flexibility index (Phi) is 5.39. The van der Waals surface area contributed by atoms with Crippen molar-refractivity contribution in [3.05, 3.63) is 11.9 Å². The normalized spacial score (nSPS) is 17.2. The van der Waals surface area contributed by atoms with Crippen LogP contribution >= 0.6 is 0 Å². The van der Waals surface area contributed by atoms with Gasteiger partial charge in [0, 0.05) is 30.5 Å². The predicted octanol–water partition coefficient (Wildman–Crippen LogP) is 3.00. The Morgan fingerprint density at radius 2 is 1.81 bits per heavy atom. The minimum Gasteiger partial charge on any atom is -0.396 e. The van der Waals surface area contributed by atoms with E-state index in [1.807, 2.05) is 6.07 Å². The van der Waals surface area contributed by atoms with Gasteiger partial charge in [0.15, 0.2) is 0 Å². The molecule has 1 aliphatic rings. The molecule has 0 spiro atoms. The molecule has 0 aromatic carbocycles. The first-order chi connectivity index (χ1) is 10.1. The molecular formula is C16H28N4O. The highest BCUT2D eigenvalue weighted by molar-refractivity contribution is 5.48. The van der Waals surface area contributed by atoms with E-state index in [-0.39, 0.29) is 12.0 Å². The summed E-state index contributed by atoms with van der Waals surface area (Å²) in [6, 6.07) is 1.95. The van der Waals surface area contributed by atoms with Gasteiger partial charge in [-0.2, -0.15) is 0 Å². The van der Waals surface area contributed by atoms with Gasteiger partial charge in [0.2, 0.25) is 0 Å². The molecule has 0 unspecified atom stereocenters. The van der Waals surface area contributed by atoms with Crippen molar-refractivity contribution in [2.75, 3.05) is 30.3 Å². The van der Waals surface area contributed by atoms with Crippen LogP contribution in [0.3, 0.4) is 0 Å². The van der Waals surface area contributed by atoms with Gasteiger partial charge in [0.25, 0.3) is 0 Å². The molecule has 21 heavy (non-hydrogen) atoms. The second-order valence-electron chi connectivity index (χ2n) is 6.40. The zero-order chi connectivity index (χ0) is 15.3. The third kappa shape index (κ3) is 4.06. The van der Waals surface area contributed by atoms with E-state index in [0.29, 0.717) is 5.92 Å². The van der Waals surface area contributed by atoms with Crippen molar-refractivity contribution in [3.63, 3.8) is 0 Å². The first-order valence-electron chi connectivity index (χ1n) is 8.06. The number of anilines is 2. The molecule has 1 aromatic heterocycles. The summed E-state index contributed by atoms with van der Waals surface area (Å²) in [4.78, 5) is 9.13. The molecule has 5 heteroatoms. The number of nitrogens with zero attached hydrogens (tertiary/aromatic N) is 2. The Bertz CT molecular complexity index is 456. The zero-order valence-electron chi connectivity index (χ0n) is 13.4. The molecule has 1 fully saturated rings. The van der Waals surface area contributed by atoms with E-state index in [1.54, 1.807) is 0 Å².